The number of aliphatic carboxylic acids is 1. The van der Waals surface area contributed by atoms with Crippen LogP contribution in [0.15, 0.2) is 48.7 Å². The molecule has 1 aromatic heterocycles. The molecule has 1 N–H and O–H groups in total. The summed E-state index contributed by atoms with van der Waals surface area (Å²) in [5, 5.41) is 8.52. The number of pyridine rings is 1. The fourth-order valence-electron chi connectivity index (χ4n) is 1.50. The van der Waals surface area contributed by atoms with Crippen molar-refractivity contribution in [1.29, 1.82) is 0 Å². The molecule has 1 heterocycles. The Morgan fingerprint density at radius 3 is 2.68 bits per heavy atom. The third kappa shape index (κ3) is 3.67. The second kappa shape index (κ2) is 5.82. The van der Waals surface area contributed by atoms with Gasteiger partial charge < -0.3 is 9.84 Å². The Balaban J connectivity index is 2.11. The molecule has 1 aromatic carbocycles. The number of carboxylic acids is 1. The first-order valence-corrected chi connectivity index (χ1v) is 5.76. The van der Waals surface area contributed by atoms with Crippen molar-refractivity contribution in [3.63, 3.8) is 0 Å². The van der Waals surface area contributed by atoms with Gasteiger partial charge in [-0.1, -0.05) is 18.2 Å². The van der Waals surface area contributed by atoms with E-state index in [2.05, 4.69) is 4.98 Å². The predicted octanol–water partition coefficient (Wildman–Crippen LogP) is 3.28. The number of para-hydroxylation sites is 1. The van der Waals surface area contributed by atoms with E-state index in [9.17, 15) is 4.79 Å². The molecule has 2 rings (SSSR count). The second-order valence-electron chi connectivity index (χ2n) is 3.97. The zero-order chi connectivity index (χ0) is 13.7. The SMILES string of the molecule is Cc1ccccc1Oc1ccc(/C=C/C(=O)O)cn1. The van der Waals surface area contributed by atoms with Crippen LogP contribution in [0.2, 0.25) is 0 Å². The van der Waals surface area contributed by atoms with E-state index < -0.39 is 5.97 Å². The fourth-order valence-corrected chi connectivity index (χ4v) is 1.50. The first kappa shape index (κ1) is 12.8. The van der Waals surface area contributed by atoms with Crippen molar-refractivity contribution < 1.29 is 14.6 Å². The monoisotopic (exact) mass is 255 g/mol. The summed E-state index contributed by atoms with van der Waals surface area (Å²) in [4.78, 5) is 14.5. The van der Waals surface area contributed by atoms with Crippen LogP contribution in [0.4, 0.5) is 0 Å². The number of rotatable bonds is 4. The van der Waals surface area contributed by atoms with Gasteiger partial charge in [-0.05, 0) is 36.3 Å². The van der Waals surface area contributed by atoms with Gasteiger partial charge >= 0.3 is 5.97 Å². The number of hydrogen-bond donors (Lipinski definition) is 1. The van der Waals surface area contributed by atoms with Crippen molar-refractivity contribution in [3.8, 4) is 11.6 Å². The van der Waals surface area contributed by atoms with Crippen LogP contribution in [0.3, 0.4) is 0 Å². The van der Waals surface area contributed by atoms with Gasteiger partial charge in [0.25, 0.3) is 0 Å². The van der Waals surface area contributed by atoms with Crippen LogP contribution >= 0.6 is 0 Å². The highest BCUT2D eigenvalue weighted by Gasteiger charge is 2.01. The summed E-state index contributed by atoms with van der Waals surface area (Å²) in [6.45, 7) is 1.96. The second-order valence-corrected chi connectivity index (χ2v) is 3.97. The number of carbonyl (C=O) groups is 1. The van der Waals surface area contributed by atoms with Gasteiger partial charge in [-0.3, -0.25) is 0 Å². The first-order chi connectivity index (χ1) is 9.15. The number of nitrogens with zero attached hydrogens (tertiary/aromatic N) is 1. The van der Waals surface area contributed by atoms with Gasteiger partial charge in [0.15, 0.2) is 0 Å². The van der Waals surface area contributed by atoms with Crippen LogP contribution < -0.4 is 4.74 Å². The lowest BCUT2D eigenvalue weighted by Gasteiger charge is -2.07. The van der Waals surface area contributed by atoms with Crippen molar-refractivity contribution in [2.24, 2.45) is 0 Å². The highest BCUT2D eigenvalue weighted by atomic mass is 16.5. The van der Waals surface area contributed by atoms with Crippen LogP contribution in [0.5, 0.6) is 11.6 Å². The van der Waals surface area contributed by atoms with Gasteiger partial charge in [0.1, 0.15) is 5.75 Å². The minimum atomic E-state index is -0.986. The van der Waals surface area contributed by atoms with E-state index in [0.29, 0.717) is 11.4 Å². The highest BCUT2D eigenvalue weighted by Crippen LogP contribution is 2.22. The lowest BCUT2D eigenvalue weighted by atomic mass is 10.2. The molecule has 0 unspecified atom stereocenters. The molecule has 0 radical (unpaired) electrons. The Bertz CT molecular complexity index is 603. The molecular formula is C15H13NO3. The Morgan fingerprint density at radius 1 is 1.26 bits per heavy atom. The average molecular weight is 255 g/mol. The van der Waals surface area contributed by atoms with Crippen LogP contribution in [0, 0.1) is 6.92 Å². The molecule has 19 heavy (non-hydrogen) atoms. The predicted molar refractivity (Wildman–Crippen MR) is 72.2 cm³/mol. The Kier molecular flexibility index (Phi) is 3.93. The number of ether oxygens (including phenoxy) is 1. The van der Waals surface area contributed by atoms with Gasteiger partial charge in [-0.25, -0.2) is 9.78 Å². The lowest BCUT2D eigenvalue weighted by Crippen LogP contribution is -1.90. The smallest absolute Gasteiger partial charge is 0.328 e. The maximum atomic E-state index is 10.4. The minimum absolute atomic E-state index is 0.474. The van der Waals surface area contributed by atoms with Gasteiger partial charge in [0.2, 0.25) is 5.88 Å². The van der Waals surface area contributed by atoms with E-state index in [4.69, 9.17) is 9.84 Å². The molecule has 0 bridgehead atoms. The quantitative estimate of drug-likeness (QED) is 0.852. The summed E-state index contributed by atoms with van der Waals surface area (Å²) in [6, 6.07) is 11.1. The molecule has 0 saturated carbocycles. The summed E-state index contributed by atoms with van der Waals surface area (Å²) in [5.41, 5.74) is 1.73. The molecule has 0 saturated heterocycles. The highest BCUT2D eigenvalue weighted by molar-refractivity contribution is 5.85. The molecular weight excluding hydrogens is 242 g/mol. The molecule has 0 aliphatic carbocycles. The van der Waals surface area contributed by atoms with Crippen molar-refractivity contribution >= 4 is 12.0 Å². The van der Waals surface area contributed by atoms with E-state index in [1.165, 1.54) is 6.08 Å². The van der Waals surface area contributed by atoms with Crippen molar-refractivity contribution in [1.82, 2.24) is 4.98 Å². The molecule has 0 fully saturated rings. The maximum absolute atomic E-state index is 10.4. The zero-order valence-electron chi connectivity index (χ0n) is 10.4. The molecule has 0 atom stereocenters. The summed E-state index contributed by atoms with van der Waals surface area (Å²) in [7, 11) is 0. The van der Waals surface area contributed by atoms with Crippen molar-refractivity contribution in [2.45, 2.75) is 6.92 Å². The zero-order valence-corrected chi connectivity index (χ0v) is 10.4. The first-order valence-electron chi connectivity index (χ1n) is 5.76. The molecule has 0 aliphatic heterocycles. The molecule has 0 aliphatic rings. The van der Waals surface area contributed by atoms with Crippen LogP contribution in [0.1, 0.15) is 11.1 Å². The van der Waals surface area contributed by atoms with Gasteiger partial charge in [-0.2, -0.15) is 0 Å². The standard InChI is InChI=1S/C15H13NO3/c1-11-4-2-3-5-13(11)19-14-8-6-12(10-16-14)7-9-15(17)18/h2-10H,1H3,(H,17,18)/b9-7+. The summed E-state index contributed by atoms with van der Waals surface area (Å²) >= 11 is 0. The van der Waals surface area contributed by atoms with Gasteiger partial charge in [0.05, 0.1) is 0 Å². The normalized spacial score (nSPS) is 10.6. The van der Waals surface area contributed by atoms with Gasteiger partial charge in [0, 0.05) is 18.3 Å². The molecule has 4 heteroatoms. The summed E-state index contributed by atoms with van der Waals surface area (Å²) < 4.78 is 5.64. The van der Waals surface area contributed by atoms with E-state index in [1.807, 2.05) is 31.2 Å². The van der Waals surface area contributed by atoms with E-state index in [0.717, 1.165) is 17.4 Å². The molecule has 2 aromatic rings. The van der Waals surface area contributed by atoms with Crippen LogP contribution in [-0.2, 0) is 4.79 Å². The number of aryl methyl sites for hydroxylation is 1. The summed E-state index contributed by atoms with van der Waals surface area (Å²) in [6.07, 6.45) is 4.11. The van der Waals surface area contributed by atoms with Gasteiger partial charge in [-0.15, -0.1) is 0 Å². The Labute approximate surface area is 111 Å². The summed E-state index contributed by atoms with van der Waals surface area (Å²) in [5.74, 6) is 0.242. The largest absolute Gasteiger partial charge is 0.478 e. The average Bonchev–Trinajstić information content (AvgIpc) is 2.40. The lowest BCUT2D eigenvalue weighted by molar-refractivity contribution is -0.131. The number of benzene rings is 1. The van der Waals surface area contributed by atoms with E-state index >= 15 is 0 Å². The van der Waals surface area contributed by atoms with Crippen molar-refractivity contribution in [3.05, 3.63) is 59.8 Å². The molecule has 0 amide bonds. The molecule has 4 nitrogen and oxygen atoms in total. The third-order valence-corrected chi connectivity index (χ3v) is 2.49. The number of hydrogen-bond acceptors (Lipinski definition) is 3. The fraction of sp³-hybridized carbons (Fsp3) is 0.0667. The minimum Gasteiger partial charge on any atom is -0.478 e. The number of carboxylic acid groups (broad SMARTS) is 1. The molecule has 0 spiro atoms. The van der Waals surface area contributed by atoms with Crippen molar-refractivity contribution in [2.75, 3.05) is 0 Å². The number of aromatic nitrogens is 1. The van der Waals surface area contributed by atoms with E-state index in [1.54, 1.807) is 18.3 Å². The third-order valence-electron chi connectivity index (χ3n) is 2.49. The van der Waals surface area contributed by atoms with E-state index in [-0.39, 0.29) is 0 Å². The van der Waals surface area contributed by atoms with Crippen LogP contribution in [-0.4, -0.2) is 16.1 Å². The maximum Gasteiger partial charge on any atom is 0.328 e. The topological polar surface area (TPSA) is 59.4 Å². The molecule has 96 valence electrons. The Morgan fingerprint density at radius 2 is 2.05 bits per heavy atom. The Hall–Kier alpha value is -2.62. The van der Waals surface area contributed by atoms with Crippen LogP contribution in [0.25, 0.3) is 6.08 Å².